The lowest BCUT2D eigenvalue weighted by atomic mass is 10.1. The fraction of sp³-hybridized carbons (Fsp3) is 0.235. The number of nitrogens with one attached hydrogen (secondary N) is 1. The van der Waals surface area contributed by atoms with Crippen LogP contribution in [0.3, 0.4) is 0 Å². The van der Waals surface area contributed by atoms with E-state index in [1.807, 2.05) is 0 Å². The molecule has 23 heavy (non-hydrogen) atoms. The van der Waals surface area contributed by atoms with Crippen LogP contribution in [0.25, 0.3) is 0 Å². The third kappa shape index (κ3) is 4.74. The van der Waals surface area contributed by atoms with Crippen molar-refractivity contribution in [2.24, 2.45) is 0 Å². The molecule has 0 fully saturated rings. The number of hydrogen-bond acceptors (Lipinski definition) is 2. The molecular formula is C17H17F3N2O. The van der Waals surface area contributed by atoms with Gasteiger partial charge in [0.05, 0.1) is 6.54 Å². The molecule has 0 bridgehead atoms. The van der Waals surface area contributed by atoms with E-state index in [4.69, 9.17) is 0 Å². The van der Waals surface area contributed by atoms with E-state index in [9.17, 15) is 18.0 Å². The second-order valence-corrected chi connectivity index (χ2v) is 5.13. The van der Waals surface area contributed by atoms with Gasteiger partial charge in [0.15, 0.2) is 0 Å². The molecule has 0 radical (unpaired) electrons. The molecule has 6 heteroatoms. The first-order valence-corrected chi connectivity index (χ1v) is 7.13. The Kier molecular flexibility index (Phi) is 5.62. The third-order valence-corrected chi connectivity index (χ3v) is 3.41. The zero-order valence-corrected chi connectivity index (χ0v) is 12.7. The SMILES string of the molecule is CN(CC(=O)NCCc1c(F)cccc1F)c1ccc(F)cc1. The molecule has 2 rings (SSSR count). The largest absolute Gasteiger partial charge is 0.365 e. The number of likely N-dealkylation sites (N-methyl/N-ethyl adjacent to an activating group) is 1. The highest BCUT2D eigenvalue weighted by Crippen LogP contribution is 2.13. The maximum Gasteiger partial charge on any atom is 0.239 e. The smallest absolute Gasteiger partial charge is 0.239 e. The van der Waals surface area contributed by atoms with Crippen LogP contribution < -0.4 is 10.2 Å². The van der Waals surface area contributed by atoms with Crippen LogP contribution in [0.15, 0.2) is 42.5 Å². The third-order valence-electron chi connectivity index (χ3n) is 3.41. The first kappa shape index (κ1) is 16.9. The number of benzene rings is 2. The van der Waals surface area contributed by atoms with E-state index in [1.54, 1.807) is 24.1 Å². The van der Waals surface area contributed by atoms with E-state index in [-0.39, 0.29) is 36.8 Å². The van der Waals surface area contributed by atoms with Crippen molar-refractivity contribution < 1.29 is 18.0 Å². The summed E-state index contributed by atoms with van der Waals surface area (Å²) in [7, 11) is 1.70. The van der Waals surface area contributed by atoms with Gasteiger partial charge in [-0.15, -0.1) is 0 Å². The lowest BCUT2D eigenvalue weighted by Gasteiger charge is -2.18. The molecule has 0 aromatic heterocycles. The molecule has 0 aliphatic carbocycles. The average Bonchev–Trinajstić information content (AvgIpc) is 2.51. The molecule has 0 aliphatic rings. The van der Waals surface area contributed by atoms with Crippen molar-refractivity contribution in [2.75, 3.05) is 25.0 Å². The molecule has 0 saturated heterocycles. The zero-order chi connectivity index (χ0) is 16.8. The minimum absolute atomic E-state index is 0.0420. The van der Waals surface area contributed by atoms with Gasteiger partial charge in [0.1, 0.15) is 17.5 Å². The second-order valence-electron chi connectivity index (χ2n) is 5.13. The molecular weight excluding hydrogens is 305 g/mol. The van der Waals surface area contributed by atoms with E-state index in [0.29, 0.717) is 5.69 Å². The van der Waals surface area contributed by atoms with Crippen LogP contribution in [0.4, 0.5) is 18.9 Å². The fourth-order valence-electron chi connectivity index (χ4n) is 2.16. The van der Waals surface area contributed by atoms with Crippen molar-refractivity contribution in [1.82, 2.24) is 5.32 Å². The highest BCUT2D eigenvalue weighted by molar-refractivity contribution is 5.81. The Labute approximate surface area is 132 Å². The zero-order valence-electron chi connectivity index (χ0n) is 12.7. The van der Waals surface area contributed by atoms with Crippen molar-refractivity contribution in [3.8, 4) is 0 Å². The van der Waals surface area contributed by atoms with Crippen LogP contribution in [0.1, 0.15) is 5.56 Å². The van der Waals surface area contributed by atoms with Gasteiger partial charge in [-0.1, -0.05) is 6.07 Å². The molecule has 0 aliphatic heterocycles. The van der Waals surface area contributed by atoms with E-state index in [0.717, 1.165) is 0 Å². The number of rotatable bonds is 6. The van der Waals surface area contributed by atoms with Gasteiger partial charge in [-0.05, 0) is 42.8 Å². The number of halogens is 3. The summed E-state index contributed by atoms with van der Waals surface area (Å²) in [6.07, 6.45) is 0.0739. The maximum absolute atomic E-state index is 13.4. The summed E-state index contributed by atoms with van der Waals surface area (Å²) >= 11 is 0. The van der Waals surface area contributed by atoms with Crippen LogP contribution in [0, 0.1) is 17.5 Å². The van der Waals surface area contributed by atoms with Gasteiger partial charge in [-0.3, -0.25) is 4.79 Å². The topological polar surface area (TPSA) is 32.3 Å². The number of anilines is 1. The molecule has 0 heterocycles. The van der Waals surface area contributed by atoms with Gasteiger partial charge in [0, 0.05) is 24.8 Å². The summed E-state index contributed by atoms with van der Waals surface area (Å²) in [6.45, 7) is 0.194. The van der Waals surface area contributed by atoms with Gasteiger partial charge in [0.2, 0.25) is 5.91 Å². The number of carbonyl (C=O) groups excluding carboxylic acids is 1. The Morgan fingerprint density at radius 1 is 1.04 bits per heavy atom. The van der Waals surface area contributed by atoms with Crippen molar-refractivity contribution in [3.05, 3.63) is 65.5 Å². The molecule has 0 spiro atoms. The summed E-state index contributed by atoms with van der Waals surface area (Å²) < 4.78 is 39.7. The van der Waals surface area contributed by atoms with Gasteiger partial charge < -0.3 is 10.2 Å². The lowest BCUT2D eigenvalue weighted by Crippen LogP contribution is -2.36. The molecule has 0 unspecified atom stereocenters. The maximum atomic E-state index is 13.4. The van der Waals surface area contributed by atoms with E-state index in [1.165, 1.54) is 30.3 Å². The Morgan fingerprint density at radius 3 is 2.26 bits per heavy atom. The Morgan fingerprint density at radius 2 is 1.65 bits per heavy atom. The first-order valence-electron chi connectivity index (χ1n) is 7.13. The molecule has 1 N–H and O–H groups in total. The van der Waals surface area contributed by atoms with E-state index >= 15 is 0 Å². The molecule has 122 valence electrons. The van der Waals surface area contributed by atoms with Crippen molar-refractivity contribution in [1.29, 1.82) is 0 Å². The Hall–Kier alpha value is -2.50. The van der Waals surface area contributed by atoms with E-state index < -0.39 is 11.6 Å². The predicted octanol–water partition coefficient (Wildman–Crippen LogP) is 2.90. The number of carbonyl (C=O) groups is 1. The number of amides is 1. The molecule has 0 saturated carbocycles. The van der Waals surface area contributed by atoms with Crippen LogP contribution in [-0.4, -0.2) is 26.0 Å². The average molecular weight is 322 g/mol. The first-order chi connectivity index (χ1) is 11.0. The van der Waals surface area contributed by atoms with E-state index in [2.05, 4.69) is 5.32 Å². The Balaban J connectivity index is 1.82. The highest BCUT2D eigenvalue weighted by Gasteiger charge is 2.10. The molecule has 2 aromatic carbocycles. The summed E-state index contributed by atoms with van der Waals surface area (Å²) in [5, 5.41) is 2.61. The van der Waals surface area contributed by atoms with Gasteiger partial charge in [0.25, 0.3) is 0 Å². The summed E-state index contributed by atoms with van der Waals surface area (Å²) in [5.74, 6) is -1.88. The number of hydrogen-bond donors (Lipinski definition) is 1. The van der Waals surface area contributed by atoms with Crippen molar-refractivity contribution >= 4 is 11.6 Å². The second kappa shape index (κ2) is 7.67. The lowest BCUT2D eigenvalue weighted by molar-refractivity contribution is -0.119. The van der Waals surface area contributed by atoms with Crippen molar-refractivity contribution in [2.45, 2.75) is 6.42 Å². The molecule has 2 aromatic rings. The predicted molar refractivity (Wildman–Crippen MR) is 82.7 cm³/mol. The normalized spacial score (nSPS) is 10.4. The summed E-state index contributed by atoms with van der Waals surface area (Å²) in [5.41, 5.74) is 0.654. The minimum Gasteiger partial charge on any atom is -0.365 e. The molecule has 0 atom stereocenters. The number of nitrogens with zero attached hydrogens (tertiary/aromatic N) is 1. The van der Waals surface area contributed by atoms with Gasteiger partial charge >= 0.3 is 0 Å². The standard InChI is InChI=1S/C17H17F3N2O/c1-22(13-7-5-12(18)6-8-13)11-17(23)21-10-9-14-15(19)3-2-4-16(14)20/h2-8H,9-11H2,1H3,(H,21,23). The molecule has 3 nitrogen and oxygen atoms in total. The van der Waals surface area contributed by atoms with Gasteiger partial charge in [-0.2, -0.15) is 0 Å². The fourth-order valence-corrected chi connectivity index (χ4v) is 2.16. The Bertz CT molecular complexity index is 654. The van der Waals surface area contributed by atoms with Crippen LogP contribution in [0.5, 0.6) is 0 Å². The van der Waals surface area contributed by atoms with Crippen LogP contribution in [-0.2, 0) is 11.2 Å². The van der Waals surface area contributed by atoms with Crippen LogP contribution in [0.2, 0.25) is 0 Å². The minimum atomic E-state index is -0.623. The summed E-state index contributed by atoms with van der Waals surface area (Å²) in [6, 6.07) is 9.42. The molecule has 1 amide bonds. The monoisotopic (exact) mass is 322 g/mol. The quantitative estimate of drug-likeness (QED) is 0.887. The summed E-state index contributed by atoms with van der Waals surface area (Å²) in [4.78, 5) is 13.5. The van der Waals surface area contributed by atoms with Crippen molar-refractivity contribution in [3.63, 3.8) is 0 Å². The highest BCUT2D eigenvalue weighted by atomic mass is 19.1. The van der Waals surface area contributed by atoms with Crippen LogP contribution >= 0.6 is 0 Å². The van der Waals surface area contributed by atoms with Gasteiger partial charge in [-0.25, -0.2) is 13.2 Å².